The summed E-state index contributed by atoms with van der Waals surface area (Å²) in [6, 6.07) is 12.3. The Morgan fingerprint density at radius 2 is 1.68 bits per heavy atom. The van der Waals surface area contributed by atoms with E-state index in [0.29, 0.717) is 35.4 Å². The van der Waals surface area contributed by atoms with Crippen LogP contribution in [0.1, 0.15) is 45.0 Å². The summed E-state index contributed by atoms with van der Waals surface area (Å²) in [6.07, 6.45) is 4.29. The average molecular weight is 597 g/mol. The second-order valence-electron chi connectivity index (χ2n) is 10.7. The van der Waals surface area contributed by atoms with Crippen molar-refractivity contribution in [1.82, 2.24) is 20.6 Å². The fourth-order valence-corrected chi connectivity index (χ4v) is 5.39. The number of furan rings is 1. The molecule has 11 heteroatoms. The zero-order chi connectivity index (χ0) is 30.7. The van der Waals surface area contributed by atoms with Crippen LogP contribution >= 0.6 is 0 Å². The van der Waals surface area contributed by atoms with Crippen molar-refractivity contribution in [2.24, 2.45) is 0 Å². The molecule has 0 atom stereocenters. The van der Waals surface area contributed by atoms with E-state index in [0.717, 1.165) is 6.07 Å². The first kappa shape index (κ1) is 27.4. The molecule has 0 saturated heterocycles. The number of fused-ring (bicyclic) bond motifs is 2. The molecule has 0 radical (unpaired) electrons. The SMILES string of the molecule is CNC(=O)c1c(-c2ccc(F)cc2)oc2ccc(-c3cc(C(=O)NC4(c5nc6cnccc6o5)CC4)cc(F)c3C)c(F)c12. The third kappa shape index (κ3) is 4.39. The first-order valence-corrected chi connectivity index (χ1v) is 13.8. The summed E-state index contributed by atoms with van der Waals surface area (Å²) in [5, 5.41) is 5.28. The highest BCUT2D eigenvalue weighted by Gasteiger charge is 2.50. The van der Waals surface area contributed by atoms with Gasteiger partial charge < -0.3 is 19.5 Å². The molecule has 2 amide bonds. The molecule has 7 rings (SSSR count). The van der Waals surface area contributed by atoms with Gasteiger partial charge in [0.1, 0.15) is 39.9 Å². The number of hydrogen-bond acceptors (Lipinski definition) is 6. The number of rotatable bonds is 6. The molecule has 220 valence electrons. The first-order valence-electron chi connectivity index (χ1n) is 13.8. The Morgan fingerprint density at radius 1 is 0.909 bits per heavy atom. The monoisotopic (exact) mass is 596 g/mol. The number of aromatic nitrogens is 2. The molecular weight excluding hydrogens is 573 g/mol. The summed E-state index contributed by atoms with van der Waals surface area (Å²) in [6.45, 7) is 1.48. The number of carbonyl (C=O) groups is 2. The predicted molar refractivity (Wildman–Crippen MR) is 155 cm³/mol. The molecule has 0 unspecified atom stereocenters. The van der Waals surface area contributed by atoms with Gasteiger partial charge >= 0.3 is 0 Å². The maximum absolute atomic E-state index is 16.4. The largest absolute Gasteiger partial charge is 0.455 e. The minimum absolute atomic E-state index is 0.0302. The molecule has 2 N–H and O–H groups in total. The number of nitrogens with one attached hydrogen (secondary N) is 2. The zero-order valence-electron chi connectivity index (χ0n) is 23.4. The highest BCUT2D eigenvalue weighted by Crippen LogP contribution is 2.46. The van der Waals surface area contributed by atoms with E-state index in [1.807, 2.05) is 0 Å². The third-order valence-corrected chi connectivity index (χ3v) is 7.95. The number of hydrogen-bond donors (Lipinski definition) is 2. The standard InChI is InChI=1S/C33H23F3N4O4/c1-16-21(13-18(14-22(16)35)30(41)40-33(10-11-33)32-39-23-15-38-12-9-24(23)44-32)20-7-8-25-26(28(20)36)27(31(42)37-2)29(43-25)17-3-5-19(34)6-4-17/h3-9,12-15H,10-11H2,1-2H3,(H,37,42)(H,40,41). The van der Waals surface area contributed by atoms with Gasteiger partial charge in [0.25, 0.3) is 11.8 Å². The minimum Gasteiger partial charge on any atom is -0.455 e. The number of benzene rings is 3. The van der Waals surface area contributed by atoms with Gasteiger partial charge in [-0.05, 0) is 79.4 Å². The number of carbonyl (C=O) groups excluding carboxylic acids is 2. The molecule has 3 aromatic carbocycles. The number of pyridine rings is 1. The summed E-state index contributed by atoms with van der Waals surface area (Å²) in [4.78, 5) is 34.9. The van der Waals surface area contributed by atoms with Gasteiger partial charge in [-0.1, -0.05) is 0 Å². The van der Waals surface area contributed by atoms with Crippen molar-refractivity contribution in [3.8, 4) is 22.5 Å². The molecule has 44 heavy (non-hydrogen) atoms. The Labute approximate surface area is 247 Å². The fourth-order valence-electron chi connectivity index (χ4n) is 5.39. The van der Waals surface area contributed by atoms with Crippen LogP contribution in [0, 0.1) is 24.4 Å². The smallest absolute Gasteiger partial charge is 0.255 e. The predicted octanol–water partition coefficient (Wildman–Crippen LogP) is 6.81. The fraction of sp³-hybridized carbons (Fsp3) is 0.152. The van der Waals surface area contributed by atoms with Gasteiger partial charge in [-0.3, -0.25) is 14.6 Å². The number of nitrogens with zero attached hydrogens (tertiary/aromatic N) is 2. The maximum atomic E-state index is 16.4. The van der Waals surface area contributed by atoms with E-state index >= 15 is 8.78 Å². The van der Waals surface area contributed by atoms with E-state index in [1.165, 1.54) is 56.4 Å². The lowest BCUT2D eigenvalue weighted by molar-refractivity contribution is 0.0921. The molecule has 3 aromatic heterocycles. The van der Waals surface area contributed by atoms with E-state index in [9.17, 15) is 14.0 Å². The lowest BCUT2D eigenvalue weighted by Crippen LogP contribution is -2.35. The van der Waals surface area contributed by atoms with Crippen LogP contribution in [-0.2, 0) is 5.54 Å². The highest BCUT2D eigenvalue weighted by molar-refractivity contribution is 6.12. The van der Waals surface area contributed by atoms with E-state index < -0.39 is 34.8 Å². The molecule has 1 saturated carbocycles. The molecule has 3 heterocycles. The zero-order valence-corrected chi connectivity index (χ0v) is 23.4. The summed E-state index contributed by atoms with van der Waals surface area (Å²) in [5.41, 5.74) is 0.745. The summed E-state index contributed by atoms with van der Waals surface area (Å²) < 4.78 is 57.0. The van der Waals surface area contributed by atoms with E-state index in [1.54, 1.807) is 18.5 Å². The van der Waals surface area contributed by atoms with Crippen molar-refractivity contribution in [2.75, 3.05) is 7.05 Å². The van der Waals surface area contributed by atoms with Crippen LogP contribution in [0.4, 0.5) is 13.2 Å². The molecule has 8 nitrogen and oxygen atoms in total. The van der Waals surface area contributed by atoms with Crippen LogP contribution in [-0.4, -0.2) is 28.8 Å². The van der Waals surface area contributed by atoms with Crippen molar-refractivity contribution >= 4 is 33.9 Å². The van der Waals surface area contributed by atoms with Gasteiger partial charge in [0.2, 0.25) is 5.89 Å². The van der Waals surface area contributed by atoms with Crippen LogP contribution in [0.25, 0.3) is 44.5 Å². The van der Waals surface area contributed by atoms with Crippen molar-refractivity contribution in [3.05, 3.63) is 107 Å². The highest BCUT2D eigenvalue weighted by atomic mass is 19.1. The molecular formula is C33H23F3N4O4. The number of amides is 2. The second-order valence-corrected chi connectivity index (χ2v) is 10.7. The van der Waals surface area contributed by atoms with Gasteiger partial charge in [-0.15, -0.1) is 0 Å². The van der Waals surface area contributed by atoms with Crippen molar-refractivity contribution in [3.63, 3.8) is 0 Å². The van der Waals surface area contributed by atoms with Gasteiger partial charge in [-0.2, -0.15) is 0 Å². The third-order valence-electron chi connectivity index (χ3n) is 7.95. The first-order chi connectivity index (χ1) is 21.2. The van der Waals surface area contributed by atoms with Crippen LogP contribution in [0.15, 0.2) is 75.8 Å². The van der Waals surface area contributed by atoms with Crippen LogP contribution in [0.5, 0.6) is 0 Å². The molecule has 1 fully saturated rings. The van der Waals surface area contributed by atoms with Crippen LogP contribution in [0.3, 0.4) is 0 Å². The van der Waals surface area contributed by atoms with Gasteiger partial charge in [0, 0.05) is 36.0 Å². The topological polar surface area (TPSA) is 110 Å². The Hall–Kier alpha value is -5.45. The van der Waals surface area contributed by atoms with Crippen molar-refractivity contribution < 1.29 is 31.6 Å². The number of oxazole rings is 1. The van der Waals surface area contributed by atoms with E-state index in [2.05, 4.69) is 20.6 Å². The molecule has 0 bridgehead atoms. The number of halogens is 3. The molecule has 6 aromatic rings. The van der Waals surface area contributed by atoms with Gasteiger partial charge in [0.15, 0.2) is 5.58 Å². The Kier molecular flexibility index (Phi) is 6.27. The molecule has 1 aliphatic rings. The van der Waals surface area contributed by atoms with Crippen LogP contribution in [0.2, 0.25) is 0 Å². The van der Waals surface area contributed by atoms with E-state index in [4.69, 9.17) is 8.83 Å². The maximum Gasteiger partial charge on any atom is 0.255 e. The van der Waals surface area contributed by atoms with Gasteiger partial charge in [-0.25, -0.2) is 18.2 Å². The van der Waals surface area contributed by atoms with Crippen molar-refractivity contribution in [1.29, 1.82) is 0 Å². The van der Waals surface area contributed by atoms with Crippen LogP contribution < -0.4 is 10.6 Å². The lowest BCUT2D eigenvalue weighted by Gasteiger charge is -2.16. The minimum atomic E-state index is -0.849. The molecule has 0 aliphatic heterocycles. The van der Waals surface area contributed by atoms with Gasteiger partial charge in [0.05, 0.1) is 17.1 Å². The van der Waals surface area contributed by atoms with E-state index in [-0.39, 0.29) is 44.5 Å². The normalized spacial score (nSPS) is 13.8. The average Bonchev–Trinajstić information content (AvgIpc) is 3.49. The quantitative estimate of drug-likeness (QED) is 0.219. The Morgan fingerprint density at radius 3 is 2.39 bits per heavy atom. The Balaban J connectivity index is 1.30. The Bertz CT molecular complexity index is 2100. The second kappa shape index (κ2) is 10.1. The summed E-state index contributed by atoms with van der Waals surface area (Å²) >= 11 is 0. The summed E-state index contributed by atoms with van der Waals surface area (Å²) in [7, 11) is 1.39. The molecule has 0 spiro atoms. The van der Waals surface area contributed by atoms with Crippen molar-refractivity contribution in [2.45, 2.75) is 25.3 Å². The summed E-state index contributed by atoms with van der Waals surface area (Å²) in [5.74, 6) is -2.86. The lowest BCUT2D eigenvalue weighted by atomic mass is 9.94. The molecule has 1 aliphatic carbocycles.